The Balaban J connectivity index is 1.61. The van der Waals surface area contributed by atoms with Crippen LogP contribution in [0.15, 0.2) is 108 Å². The van der Waals surface area contributed by atoms with Gasteiger partial charge in [0.25, 0.3) is 0 Å². The molecule has 0 atom stereocenters. The SMILES string of the molecule is N#Cc1ccnc(-c2cccc(-n3c4ccccc4c4ccc5oc6ccccc6c5c43)c2)c1. The van der Waals surface area contributed by atoms with Gasteiger partial charge in [0.1, 0.15) is 11.2 Å². The van der Waals surface area contributed by atoms with Gasteiger partial charge in [0, 0.05) is 33.6 Å². The van der Waals surface area contributed by atoms with Crippen molar-refractivity contribution in [1.29, 1.82) is 5.26 Å². The van der Waals surface area contributed by atoms with Gasteiger partial charge in [-0.2, -0.15) is 5.26 Å². The van der Waals surface area contributed by atoms with Crippen LogP contribution in [0.1, 0.15) is 5.56 Å². The molecule has 0 radical (unpaired) electrons. The largest absolute Gasteiger partial charge is 0.456 e. The van der Waals surface area contributed by atoms with E-state index in [0.717, 1.165) is 49.9 Å². The van der Waals surface area contributed by atoms with Gasteiger partial charge in [-0.1, -0.05) is 48.5 Å². The summed E-state index contributed by atoms with van der Waals surface area (Å²) in [4.78, 5) is 4.51. The molecule has 0 bridgehead atoms. The molecular weight excluding hydrogens is 418 g/mol. The lowest BCUT2D eigenvalue weighted by atomic mass is 10.1. The second-order valence-electron chi connectivity index (χ2n) is 8.38. The Bertz CT molecular complexity index is 1930. The number of furan rings is 1. The number of para-hydroxylation sites is 2. The molecule has 7 aromatic rings. The summed E-state index contributed by atoms with van der Waals surface area (Å²) in [6.45, 7) is 0. The number of benzene rings is 4. The number of fused-ring (bicyclic) bond motifs is 7. The van der Waals surface area contributed by atoms with Gasteiger partial charge < -0.3 is 8.98 Å². The maximum atomic E-state index is 9.33. The van der Waals surface area contributed by atoms with Gasteiger partial charge in [0.2, 0.25) is 0 Å². The fraction of sp³-hybridized carbons (Fsp3) is 0. The van der Waals surface area contributed by atoms with Crippen molar-refractivity contribution in [1.82, 2.24) is 9.55 Å². The molecule has 4 heteroatoms. The molecule has 0 unspecified atom stereocenters. The summed E-state index contributed by atoms with van der Waals surface area (Å²) >= 11 is 0. The van der Waals surface area contributed by atoms with Crippen LogP contribution < -0.4 is 0 Å². The predicted molar refractivity (Wildman–Crippen MR) is 136 cm³/mol. The van der Waals surface area contributed by atoms with Crippen LogP contribution in [0.4, 0.5) is 0 Å². The van der Waals surface area contributed by atoms with Crippen molar-refractivity contribution < 1.29 is 4.42 Å². The average Bonchev–Trinajstić information content (AvgIpc) is 3.44. The first kappa shape index (κ1) is 18.7. The maximum Gasteiger partial charge on any atom is 0.137 e. The number of hydrogen-bond donors (Lipinski definition) is 0. The highest BCUT2D eigenvalue weighted by Crippen LogP contribution is 2.40. The molecule has 0 spiro atoms. The van der Waals surface area contributed by atoms with Crippen molar-refractivity contribution in [3.8, 4) is 23.0 Å². The van der Waals surface area contributed by atoms with E-state index in [0.29, 0.717) is 5.56 Å². The monoisotopic (exact) mass is 435 g/mol. The van der Waals surface area contributed by atoms with Gasteiger partial charge in [0.15, 0.2) is 0 Å². The molecule has 0 fully saturated rings. The van der Waals surface area contributed by atoms with Crippen molar-refractivity contribution >= 4 is 43.7 Å². The lowest BCUT2D eigenvalue weighted by Gasteiger charge is -2.11. The highest BCUT2D eigenvalue weighted by molar-refractivity contribution is 6.24. The topological polar surface area (TPSA) is 54.8 Å². The van der Waals surface area contributed by atoms with E-state index in [1.807, 2.05) is 30.3 Å². The average molecular weight is 435 g/mol. The first-order valence-electron chi connectivity index (χ1n) is 11.1. The molecule has 7 rings (SSSR count). The van der Waals surface area contributed by atoms with E-state index >= 15 is 0 Å². The van der Waals surface area contributed by atoms with Crippen LogP contribution in [0.2, 0.25) is 0 Å². The lowest BCUT2D eigenvalue weighted by molar-refractivity contribution is 0.669. The van der Waals surface area contributed by atoms with E-state index in [1.165, 1.54) is 10.8 Å². The van der Waals surface area contributed by atoms with Crippen molar-refractivity contribution in [3.05, 3.63) is 109 Å². The third-order valence-corrected chi connectivity index (χ3v) is 6.46. The van der Waals surface area contributed by atoms with Gasteiger partial charge in [-0.3, -0.25) is 4.98 Å². The zero-order valence-electron chi connectivity index (χ0n) is 18.1. The summed E-state index contributed by atoms with van der Waals surface area (Å²) in [7, 11) is 0. The molecule has 0 amide bonds. The second-order valence-corrected chi connectivity index (χ2v) is 8.38. The van der Waals surface area contributed by atoms with E-state index in [4.69, 9.17) is 4.42 Å². The third-order valence-electron chi connectivity index (χ3n) is 6.46. The minimum Gasteiger partial charge on any atom is -0.456 e. The maximum absolute atomic E-state index is 9.33. The van der Waals surface area contributed by atoms with Crippen LogP contribution in [0, 0.1) is 11.3 Å². The summed E-state index contributed by atoms with van der Waals surface area (Å²) in [5, 5.41) is 13.9. The molecule has 0 saturated heterocycles. The molecule has 3 aromatic heterocycles. The summed E-state index contributed by atoms with van der Waals surface area (Å²) < 4.78 is 8.52. The molecule has 0 saturated carbocycles. The molecule has 34 heavy (non-hydrogen) atoms. The van der Waals surface area contributed by atoms with Crippen LogP contribution in [0.25, 0.3) is 60.7 Å². The molecule has 3 heterocycles. The normalized spacial score (nSPS) is 11.5. The van der Waals surface area contributed by atoms with Gasteiger partial charge in [-0.15, -0.1) is 0 Å². The Kier molecular flexibility index (Phi) is 3.88. The number of hydrogen-bond acceptors (Lipinski definition) is 3. The minimum absolute atomic E-state index is 0.596. The number of aromatic nitrogens is 2. The zero-order chi connectivity index (χ0) is 22.6. The Hall–Kier alpha value is -4.88. The molecule has 0 N–H and O–H groups in total. The van der Waals surface area contributed by atoms with Gasteiger partial charge in [0.05, 0.1) is 33.7 Å². The number of nitriles is 1. The predicted octanol–water partition coefficient (Wildman–Crippen LogP) is 7.62. The van der Waals surface area contributed by atoms with Gasteiger partial charge in [-0.05, 0) is 48.5 Å². The Labute approximate surface area is 194 Å². The lowest BCUT2D eigenvalue weighted by Crippen LogP contribution is -1.95. The van der Waals surface area contributed by atoms with E-state index in [9.17, 15) is 5.26 Å². The fourth-order valence-electron chi connectivity index (χ4n) is 5.00. The van der Waals surface area contributed by atoms with Crippen molar-refractivity contribution in [2.24, 2.45) is 0 Å². The third kappa shape index (κ3) is 2.61. The molecule has 0 aliphatic heterocycles. The Morgan fingerprint density at radius 2 is 1.59 bits per heavy atom. The van der Waals surface area contributed by atoms with Crippen LogP contribution in [0.5, 0.6) is 0 Å². The number of rotatable bonds is 2. The summed E-state index contributed by atoms with van der Waals surface area (Å²) in [5.74, 6) is 0. The zero-order valence-corrected chi connectivity index (χ0v) is 18.1. The molecule has 0 aliphatic rings. The highest BCUT2D eigenvalue weighted by atomic mass is 16.3. The molecule has 0 aliphatic carbocycles. The van der Waals surface area contributed by atoms with Crippen LogP contribution in [-0.4, -0.2) is 9.55 Å². The van der Waals surface area contributed by atoms with Gasteiger partial charge in [-0.25, -0.2) is 0 Å². The Morgan fingerprint density at radius 3 is 2.50 bits per heavy atom. The van der Waals surface area contributed by atoms with Gasteiger partial charge >= 0.3 is 0 Å². The fourth-order valence-corrected chi connectivity index (χ4v) is 5.00. The summed E-state index contributed by atoms with van der Waals surface area (Å²) in [6.07, 6.45) is 1.68. The van der Waals surface area contributed by atoms with E-state index in [2.05, 4.69) is 76.3 Å². The first-order chi connectivity index (χ1) is 16.8. The standard InChI is InChI=1S/C30H17N3O/c31-18-19-14-15-32-25(16-19)20-6-5-7-21(17-20)33-26-10-3-1-8-22(26)23-12-13-28-29(30(23)33)24-9-2-4-11-27(24)34-28/h1-17H. The Morgan fingerprint density at radius 1 is 0.735 bits per heavy atom. The van der Waals surface area contributed by atoms with Crippen LogP contribution >= 0.6 is 0 Å². The minimum atomic E-state index is 0.596. The van der Waals surface area contributed by atoms with Crippen LogP contribution in [-0.2, 0) is 0 Å². The smallest absolute Gasteiger partial charge is 0.137 e. The molecule has 4 aromatic carbocycles. The van der Waals surface area contributed by atoms with E-state index < -0.39 is 0 Å². The molecule has 158 valence electrons. The van der Waals surface area contributed by atoms with E-state index in [1.54, 1.807) is 12.3 Å². The first-order valence-corrected chi connectivity index (χ1v) is 11.1. The summed E-state index contributed by atoms with van der Waals surface area (Å²) in [5.41, 5.74) is 7.38. The number of pyridine rings is 1. The molecule has 4 nitrogen and oxygen atoms in total. The van der Waals surface area contributed by atoms with Crippen molar-refractivity contribution in [2.45, 2.75) is 0 Å². The quantitative estimate of drug-likeness (QED) is 0.281. The van der Waals surface area contributed by atoms with Crippen molar-refractivity contribution in [3.63, 3.8) is 0 Å². The second kappa shape index (κ2) is 7.06. The van der Waals surface area contributed by atoms with Crippen LogP contribution in [0.3, 0.4) is 0 Å². The van der Waals surface area contributed by atoms with Crippen molar-refractivity contribution in [2.75, 3.05) is 0 Å². The van der Waals surface area contributed by atoms with E-state index in [-0.39, 0.29) is 0 Å². The number of nitrogens with zero attached hydrogens (tertiary/aromatic N) is 3. The summed E-state index contributed by atoms with van der Waals surface area (Å²) in [6, 6.07) is 35.0. The highest BCUT2D eigenvalue weighted by Gasteiger charge is 2.19. The molecular formula is C30H17N3O.